The summed E-state index contributed by atoms with van der Waals surface area (Å²) in [6.45, 7) is 0.691. The standard InChI is InChI=1S/C25H30N2/c26-18-10-17-24(23-15-8-3-9-16-23)25(27,19-21-11-4-1-5-12-21)20-22-13-6-2-7-14-22/h1-9,11-16,24H,10,17-20,26-27H2. The van der Waals surface area contributed by atoms with E-state index >= 15 is 0 Å². The van der Waals surface area contributed by atoms with E-state index < -0.39 is 0 Å². The molecule has 1 atom stereocenters. The van der Waals surface area contributed by atoms with E-state index in [1.165, 1.54) is 16.7 Å². The normalized spacial score (nSPS) is 12.7. The minimum Gasteiger partial charge on any atom is -0.330 e. The van der Waals surface area contributed by atoms with Crippen molar-refractivity contribution < 1.29 is 0 Å². The largest absolute Gasteiger partial charge is 0.330 e. The minimum atomic E-state index is -0.376. The van der Waals surface area contributed by atoms with Crippen LogP contribution in [0.5, 0.6) is 0 Å². The summed E-state index contributed by atoms with van der Waals surface area (Å²) in [4.78, 5) is 0. The van der Waals surface area contributed by atoms with Crippen LogP contribution in [-0.4, -0.2) is 12.1 Å². The molecule has 0 saturated heterocycles. The van der Waals surface area contributed by atoms with Crippen molar-refractivity contribution in [2.75, 3.05) is 6.54 Å². The topological polar surface area (TPSA) is 52.0 Å². The molecular weight excluding hydrogens is 328 g/mol. The third-order valence-electron chi connectivity index (χ3n) is 5.34. The Balaban J connectivity index is 1.99. The highest BCUT2D eigenvalue weighted by Crippen LogP contribution is 2.36. The van der Waals surface area contributed by atoms with E-state index in [4.69, 9.17) is 11.5 Å². The van der Waals surface area contributed by atoms with E-state index in [1.807, 2.05) is 0 Å². The molecule has 3 rings (SSSR count). The molecule has 0 aliphatic carbocycles. The van der Waals surface area contributed by atoms with Gasteiger partial charge in [-0.1, -0.05) is 91.0 Å². The van der Waals surface area contributed by atoms with Crippen molar-refractivity contribution in [3.8, 4) is 0 Å². The van der Waals surface area contributed by atoms with Gasteiger partial charge in [0.15, 0.2) is 0 Å². The summed E-state index contributed by atoms with van der Waals surface area (Å²) >= 11 is 0. The lowest BCUT2D eigenvalue weighted by Gasteiger charge is -2.39. The summed E-state index contributed by atoms with van der Waals surface area (Å²) in [5, 5.41) is 0. The summed E-state index contributed by atoms with van der Waals surface area (Å²) in [6.07, 6.45) is 3.65. The lowest BCUT2D eigenvalue weighted by atomic mass is 9.70. The van der Waals surface area contributed by atoms with Gasteiger partial charge in [-0.15, -0.1) is 0 Å². The Hall–Kier alpha value is -2.42. The number of rotatable bonds is 9. The first kappa shape index (κ1) is 19.3. The lowest BCUT2D eigenvalue weighted by Crippen LogP contribution is -2.50. The van der Waals surface area contributed by atoms with Gasteiger partial charge in [0.25, 0.3) is 0 Å². The van der Waals surface area contributed by atoms with E-state index in [-0.39, 0.29) is 11.5 Å². The molecule has 2 nitrogen and oxygen atoms in total. The third-order valence-corrected chi connectivity index (χ3v) is 5.34. The van der Waals surface area contributed by atoms with Crippen LogP contribution in [-0.2, 0) is 12.8 Å². The zero-order chi connectivity index (χ0) is 19.0. The fourth-order valence-electron chi connectivity index (χ4n) is 4.05. The van der Waals surface area contributed by atoms with E-state index in [9.17, 15) is 0 Å². The molecular formula is C25H30N2. The highest BCUT2D eigenvalue weighted by molar-refractivity contribution is 5.30. The number of benzene rings is 3. The van der Waals surface area contributed by atoms with Gasteiger partial charge >= 0.3 is 0 Å². The maximum Gasteiger partial charge on any atom is 0.0305 e. The Morgan fingerprint density at radius 2 is 1.11 bits per heavy atom. The predicted octanol–water partition coefficient (Wildman–Crippen LogP) is 4.69. The van der Waals surface area contributed by atoms with Gasteiger partial charge in [-0.3, -0.25) is 0 Å². The van der Waals surface area contributed by atoms with Crippen molar-refractivity contribution >= 4 is 0 Å². The molecule has 0 spiro atoms. The van der Waals surface area contributed by atoms with Crippen molar-refractivity contribution in [1.82, 2.24) is 0 Å². The number of hydrogen-bond donors (Lipinski definition) is 2. The molecule has 4 N–H and O–H groups in total. The van der Waals surface area contributed by atoms with Gasteiger partial charge in [-0.25, -0.2) is 0 Å². The molecule has 0 heterocycles. The monoisotopic (exact) mass is 358 g/mol. The molecule has 0 aliphatic heterocycles. The fraction of sp³-hybridized carbons (Fsp3) is 0.280. The van der Waals surface area contributed by atoms with Crippen molar-refractivity contribution in [2.45, 2.75) is 37.1 Å². The molecule has 0 aliphatic rings. The SMILES string of the molecule is NCCCC(c1ccccc1)C(N)(Cc1ccccc1)Cc1ccccc1. The second-order valence-corrected chi connectivity index (χ2v) is 7.45. The molecule has 2 heteroatoms. The van der Waals surface area contributed by atoms with Gasteiger partial charge in [-0.05, 0) is 48.9 Å². The summed E-state index contributed by atoms with van der Waals surface area (Å²) in [6, 6.07) is 31.9. The molecule has 27 heavy (non-hydrogen) atoms. The molecule has 0 aromatic heterocycles. The Morgan fingerprint density at radius 3 is 1.56 bits per heavy atom. The van der Waals surface area contributed by atoms with Crippen LogP contribution in [0.15, 0.2) is 91.0 Å². The second kappa shape index (κ2) is 9.50. The van der Waals surface area contributed by atoms with E-state index in [2.05, 4.69) is 91.0 Å². The van der Waals surface area contributed by atoms with Gasteiger partial charge in [-0.2, -0.15) is 0 Å². The first-order valence-electron chi connectivity index (χ1n) is 9.83. The summed E-state index contributed by atoms with van der Waals surface area (Å²) in [7, 11) is 0. The first-order chi connectivity index (χ1) is 13.2. The molecule has 0 saturated carbocycles. The van der Waals surface area contributed by atoms with Crippen LogP contribution in [0.1, 0.15) is 35.4 Å². The number of nitrogens with two attached hydrogens (primary N) is 2. The van der Waals surface area contributed by atoms with Crippen molar-refractivity contribution in [1.29, 1.82) is 0 Å². The van der Waals surface area contributed by atoms with Crippen molar-refractivity contribution in [2.24, 2.45) is 11.5 Å². The van der Waals surface area contributed by atoms with Crippen LogP contribution < -0.4 is 11.5 Å². The summed E-state index contributed by atoms with van der Waals surface area (Å²) in [5.41, 5.74) is 16.6. The van der Waals surface area contributed by atoms with Crippen LogP contribution in [0.4, 0.5) is 0 Å². The average Bonchev–Trinajstić information content (AvgIpc) is 2.70. The Bertz CT molecular complexity index is 743. The Morgan fingerprint density at radius 1 is 0.667 bits per heavy atom. The van der Waals surface area contributed by atoms with Crippen LogP contribution in [0.2, 0.25) is 0 Å². The summed E-state index contributed by atoms with van der Waals surface area (Å²) < 4.78 is 0. The smallest absolute Gasteiger partial charge is 0.0305 e. The highest BCUT2D eigenvalue weighted by Gasteiger charge is 2.36. The zero-order valence-corrected chi connectivity index (χ0v) is 15.9. The highest BCUT2D eigenvalue weighted by atomic mass is 14.8. The Kier molecular flexibility index (Phi) is 6.80. The second-order valence-electron chi connectivity index (χ2n) is 7.45. The maximum atomic E-state index is 7.24. The third kappa shape index (κ3) is 5.29. The van der Waals surface area contributed by atoms with Crippen molar-refractivity contribution in [3.63, 3.8) is 0 Å². The van der Waals surface area contributed by atoms with Crippen LogP contribution in [0, 0.1) is 0 Å². The minimum absolute atomic E-state index is 0.252. The average molecular weight is 359 g/mol. The van der Waals surface area contributed by atoms with E-state index in [0.717, 1.165) is 25.7 Å². The van der Waals surface area contributed by atoms with E-state index in [1.54, 1.807) is 0 Å². The predicted molar refractivity (Wildman–Crippen MR) is 115 cm³/mol. The fourth-order valence-corrected chi connectivity index (χ4v) is 4.05. The quantitative estimate of drug-likeness (QED) is 0.583. The van der Waals surface area contributed by atoms with Gasteiger partial charge in [0.1, 0.15) is 0 Å². The lowest BCUT2D eigenvalue weighted by molar-refractivity contribution is 0.319. The van der Waals surface area contributed by atoms with Crippen molar-refractivity contribution in [3.05, 3.63) is 108 Å². The van der Waals surface area contributed by atoms with Crippen LogP contribution in [0.25, 0.3) is 0 Å². The van der Waals surface area contributed by atoms with Gasteiger partial charge in [0, 0.05) is 11.5 Å². The van der Waals surface area contributed by atoms with Gasteiger partial charge in [0.2, 0.25) is 0 Å². The molecule has 1 unspecified atom stereocenters. The first-order valence-corrected chi connectivity index (χ1v) is 9.83. The molecule has 3 aromatic carbocycles. The van der Waals surface area contributed by atoms with Gasteiger partial charge < -0.3 is 11.5 Å². The molecule has 0 radical (unpaired) electrons. The van der Waals surface area contributed by atoms with Crippen LogP contribution >= 0.6 is 0 Å². The zero-order valence-electron chi connectivity index (χ0n) is 15.9. The molecule has 0 bridgehead atoms. The molecule has 140 valence electrons. The molecule has 0 fully saturated rings. The van der Waals surface area contributed by atoms with E-state index in [0.29, 0.717) is 6.54 Å². The molecule has 3 aromatic rings. The van der Waals surface area contributed by atoms with Crippen LogP contribution in [0.3, 0.4) is 0 Å². The summed E-state index contributed by atoms with van der Waals surface area (Å²) in [5.74, 6) is 0.252. The molecule has 0 amide bonds. The maximum absolute atomic E-state index is 7.24. The van der Waals surface area contributed by atoms with Gasteiger partial charge in [0.05, 0.1) is 0 Å². The Labute approximate surface area is 163 Å². The number of hydrogen-bond acceptors (Lipinski definition) is 2.